The highest BCUT2D eigenvalue weighted by molar-refractivity contribution is 6.36. The van der Waals surface area contributed by atoms with Crippen LogP contribution in [0.2, 0.25) is 10.0 Å². The van der Waals surface area contributed by atoms with Crippen LogP contribution in [0.15, 0.2) is 65.1 Å². The first-order chi connectivity index (χ1) is 13.0. The number of nitrogens with one attached hydrogen (secondary N) is 1. The molecule has 0 saturated carbocycles. The summed E-state index contributed by atoms with van der Waals surface area (Å²) in [6.07, 6.45) is 0. The molecule has 1 aromatic heterocycles. The second kappa shape index (κ2) is 7.02. The van der Waals surface area contributed by atoms with E-state index in [9.17, 15) is 9.18 Å². The number of oxazole rings is 1. The molecule has 0 aliphatic rings. The Morgan fingerprint density at radius 3 is 2.52 bits per heavy atom. The van der Waals surface area contributed by atoms with Gasteiger partial charge in [-0.3, -0.25) is 4.79 Å². The Morgan fingerprint density at radius 1 is 1.00 bits per heavy atom. The number of hydrogen-bond donors (Lipinski definition) is 1. The van der Waals surface area contributed by atoms with E-state index >= 15 is 0 Å². The fourth-order valence-electron chi connectivity index (χ4n) is 2.59. The summed E-state index contributed by atoms with van der Waals surface area (Å²) < 4.78 is 18.7. The minimum absolute atomic E-state index is 0.348. The molecule has 4 aromatic rings. The molecule has 27 heavy (non-hydrogen) atoms. The zero-order chi connectivity index (χ0) is 19.0. The van der Waals surface area contributed by atoms with E-state index in [1.807, 2.05) is 0 Å². The van der Waals surface area contributed by atoms with E-state index in [0.717, 1.165) is 0 Å². The fourth-order valence-corrected chi connectivity index (χ4v) is 3.08. The van der Waals surface area contributed by atoms with E-state index in [0.29, 0.717) is 43.9 Å². The molecule has 0 fully saturated rings. The Labute approximate surface area is 163 Å². The van der Waals surface area contributed by atoms with Crippen LogP contribution in [-0.2, 0) is 0 Å². The van der Waals surface area contributed by atoms with Crippen molar-refractivity contribution in [1.29, 1.82) is 0 Å². The third-order valence-electron chi connectivity index (χ3n) is 3.91. The van der Waals surface area contributed by atoms with Gasteiger partial charge in [0.1, 0.15) is 11.3 Å². The molecule has 0 atom stereocenters. The average Bonchev–Trinajstić information content (AvgIpc) is 3.05. The lowest BCUT2D eigenvalue weighted by molar-refractivity contribution is 0.102. The molecular formula is C20H11Cl2FN2O2. The Bertz CT molecular complexity index is 1160. The van der Waals surface area contributed by atoms with E-state index in [4.69, 9.17) is 27.6 Å². The lowest BCUT2D eigenvalue weighted by atomic mass is 10.2. The molecule has 0 aliphatic carbocycles. The van der Waals surface area contributed by atoms with Crippen LogP contribution in [0.5, 0.6) is 0 Å². The lowest BCUT2D eigenvalue weighted by Gasteiger charge is -2.04. The number of rotatable bonds is 3. The molecule has 0 spiro atoms. The van der Waals surface area contributed by atoms with Crippen molar-refractivity contribution < 1.29 is 13.6 Å². The third kappa shape index (κ3) is 3.65. The van der Waals surface area contributed by atoms with Gasteiger partial charge >= 0.3 is 0 Å². The van der Waals surface area contributed by atoms with Crippen LogP contribution in [0.1, 0.15) is 10.4 Å². The zero-order valence-corrected chi connectivity index (χ0v) is 15.2. The van der Waals surface area contributed by atoms with E-state index in [1.165, 1.54) is 24.3 Å². The van der Waals surface area contributed by atoms with Gasteiger partial charge in [-0.05, 0) is 60.7 Å². The molecule has 1 N–H and O–H groups in total. The molecule has 1 amide bonds. The quantitative estimate of drug-likeness (QED) is 0.445. The second-order valence-corrected chi connectivity index (χ2v) is 6.63. The van der Waals surface area contributed by atoms with Crippen molar-refractivity contribution in [2.75, 3.05) is 5.32 Å². The number of carbonyl (C=O) groups excluding carboxylic acids is 1. The molecule has 3 aromatic carbocycles. The Balaban J connectivity index is 1.62. The first kappa shape index (κ1) is 17.5. The van der Waals surface area contributed by atoms with Crippen molar-refractivity contribution in [3.63, 3.8) is 0 Å². The highest BCUT2D eigenvalue weighted by atomic mass is 35.5. The SMILES string of the molecule is O=C(Nc1ccc2oc(-c3ccc(Cl)cc3Cl)nc2c1)c1ccc(F)cc1. The molecule has 4 nitrogen and oxygen atoms in total. The number of nitrogens with zero attached hydrogens (tertiary/aromatic N) is 1. The summed E-state index contributed by atoms with van der Waals surface area (Å²) in [6.45, 7) is 0. The summed E-state index contributed by atoms with van der Waals surface area (Å²) in [7, 11) is 0. The molecule has 1 heterocycles. The normalized spacial score (nSPS) is 10.9. The van der Waals surface area contributed by atoms with E-state index < -0.39 is 5.82 Å². The van der Waals surface area contributed by atoms with E-state index in [-0.39, 0.29) is 5.91 Å². The van der Waals surface area contributed by atoms with Crippen LogP contribution in [0.4, 0.5) is 10.1 Å². The molecular weight excluding hydrogens is 390 g/mol. The maximum absolute atomic E-state index is 13.0. The smallest absolute Gasteiger partial charge is 0.255 e. The van der Waals surface area contributed by atoms with Crippen LogP contribution in [0, 0.1) is 5.82 Å². The van der Waals surface area contributed by atoms with Gasteiger partial charge in [-0.1, -0.05) is 23.2 Å². The van der Waals surface area contributed by atoms with Crippen LogP contribution in [0.25, 0.3) is 22.6 Å². The third-order valence-corrected chi connectivity index (χ3v) is 4.46. The Kier molecular flexibility index (Phi) is 4.56. The van der Waals surface area contributed by atoms with Crippen molar-refractivity contribution >= 4 is 45.9 Å². The summed E-state index contributed by atoms with van der Waals surface area (Å²) in [5.74, 6) is -0.392. The zero-order valence-electron chi connectivity index (χ0n) is 13.7. The molecule has 0 saturated heterocycles. The highest BCUT2D eigenvalue weighted by Crippen LogP contribution is 2.32. The first-order valence-electron chi connectivity index (χ1n) is 7.92. The van der Waals surface area contributed by atoms with Crippen molar-refractivity contribution in [2.45, 2.75) is 0 Å². The van der Waals surface area contributed by atoms with Crippen LogP contribution in [-0.4, -0.2) is 10.9 Å². The predicted octanol–water partition coefficient (Wildman–Crippen LogP) is 6.19. The van der Waals surface area contributed by atoms with Crippen molar-refractivity contribution in [3.8, 4) is 11.5 Å². The molecule has 134 valence electrons. The monoisotopic (exact) mass is 400 g/mol. The van der Waals surface area contributed by atoms with Crippen LogP contribution in [0.3, 0.4) is 0 Å². The highest BCUT2D eigenvalue weighted by Gasteiger charge is 2.13. The van der Waals surface area contributed by atoms with Crippen molar-refractivity contribution in [2.24, 2.45) is 0 Å². The minimum Gasteiger partial charge on any atom is -0.436 e. The van der Waals surface area contributed by atoms with Gasteiger partial charge in [0.15, 0.2) is 5.58 Å². The number of amides is 1. The molecule has 0 unspecified atom stereocenters. The maximum Gasteiger partial charge on any atom is 0.255 e. The molecule has 4 rings (SSSR count). The molecule has 0 aliphatic heterocycles. The van der Waals surface area contributed by atoms with Gasteiger partial charge in [0.2, 0.25) is 5.89 Å². The van der Waals surface area contributed by atoms with Gasteiger partial charge in [0.25, 0.3) is 5.91 Å². The number of fused-ring (bicyclic) bond motifs is 1. The minimum atomic E-state index is -0.399. The molecule has 0 bridgehead atoms. The number of carbonyl (C=O) groups is 1. The summed E-state index contributed by atoms with van der Waals surface area (Å²) in [4.78, 5) is 16.7. The Morgan fingerprint density at radius 2 is 1.78 bits per heavy atom. The van der Waals surface area contributed by atoms with Gasteiger partial charge in [0.05, 0.1) is 10.6 Å². The van der Waals surface area contributed by atoms with Gasteiger partial charge < -0.3 is 9.73 Å². The lowest BCUT2D eigenvalue weighted by Crippen LogP contribution is -2.11. The van der Waals surface area contributed by atoms with Crippen molar-refractivity contribution in [3.05, 3.63) is 82.1 Å². The largest absolute Gasteiger partial charge is 0.436 e. The van der Waals surface area contributed by atoms with Gasteiger partial charge in [-0.15, -0.1) is 0 Å². The standard InChI is InChI=1S/C20H11Cl2FN2O2/c21-12-3-7-15(16(22)9-12)20-25-17-10-14(6-8-18(17)27-20)24-19(26)11-1-4-13(23)5-2-11/h1-10H,(H,24,26). The first-order valence-corrected chi connectivity index (χ1v) is 8.68. The van der Waals surface area contributed by atoms with Crippen LogP contribution < -0.4 is 5.32 Å². The maximum atomic E-state index is 13.0. The van der Waals surface area contributed by atoms with E-state index in [2.05, 4.69) is 10.3 Å². The van der Waals surface area contributed by atoms with Crippen molar-refractivity contribution in [1.82, 2.24) is 4.98 Å². The van der Waals surface area contributed by atoms with Gasteiger partial charge in [-0.25, -0.2) is 9.37 Å². The number of anilines is 1. The summed E-state index contributed by atoms with van der Waals surface area (Å²) >= 11 is 12.1. The number of aromatic nitrogens is 1. The summed E-state index contributed by atoms with van der Waals surface area (Å²) in [5, 5.41) is 3.70. The van der Waals surface area contributed by atoms with Gasteiger partial charge in [0, 0.05) is 16.3 Å². The number of halogens is 3. The second-order valence-electron chi connectivity index (χ2n) is 5.79. The van der Waals surface area contributed by atoms with Gasteiger partial charge in [-0.2, -0.15) is 0 Å². The molecule has 0 radical (unpaired) electrons. The Hall–Kier alpha value is -2.89. The average molecular weight is 401 g/mol. The number of benzene rings is 3. The summed E-state index contributed by atoms with van der Waals surface area (Å²) in [6, 6.07) is 15.4. The number of hydrogen-bond acceptors (Lipinski definition) is 3. The summed E-state index contributed by atoms with van der Waals surface area (Å²) in [5.41, 5.74) is 2.63. The van der Waals surface area contributed by atoms with Crippen LogP contribution >= 0.6 is 23.2 Å². The fraction of sp³-hybridized carbons (Fsp3) is 0. The van der Waals surface area contributed by atoms with E-state index in [1.54, 1.807) is 36.4 Å². The molecule has 7 heteroatoms. The predicted molar refractivity (Wildman–Crippen MR) is 104 cm³/mol. The topological polar surface area (TPSA) is 55.1 Å².